The molecule has 0 bridgehead atoms. The molecule has 8 nitrogen and oxygen atoms in total. The van der Waals surface area contributed by atoms with Crippen molar-refractivity contribution in [3.63, 3.8) is 0 Å². The van der Waals surface area contributed by atoms with Crippen molar-refractivity contribution < 1.29 is 38.3 Å². The minimum atomic E-state index is -0.861. The Morgan fingerprint density at radius 2 is 0.926 bits per heavy atom. The maximum absolute atomic E-state index is 10.3. The fourth-order valence-electron chi connectivity index (χ4n) is 1.99. The molecular weight excluding hydrogens is 356 g/mol. The molecule has 0 aromatic heterocycles. The SMILES string of the molecule is CCCCCCOCCOCCOCCOCCOCCOCCC(=O)O. The second-order valence-electron chi connectivity index (χ2n) is 5.88. The first-order chi connectivity index (χ1) is 13.3. The number of carbonyl (C=O) groups is 1. The maximum Gasteiger partial charge on any atom is 0.305 e. The zero-order valence-electron chi connectivity index (χ0n) is 16.8. The van der Waals surface area contributed by atoms with Gasteiger partial charge in [0.25, 0.3) is 0 Å². The van der Waals surface area contributed by atoms with Crippen molar-refractivity contribution >= 4 is 5.97 Å². The zero-order chi connectivity index (χ0) is 19.8. The van der Waals surface area contributed by atoms with Crippen LogP contribution in [0.4, 0.5) is 0 Å². The Kier molecular flexibility index (Phi) is 22.6. The first-order valence-electron chi connectivity index (χ1n) is 9.95. The summed E-state index contributed by atoms with van der Waals surface area (Å²) in [6, 6.07) is 0. The molecule has 0 amide bonds. The van der Waals surface area contributed by atoms with E-state index in [9.17, 15) is 4.79 Å². The molecule has 0 aliphatic heterocycles. The maximum atomic E-state index is 10.3. The van der Waals surface area contributed by atoms with Crippen LogP contribution in [-0.4, -0.2) is 90.4 Å². The second kappa shape index (κ2) is 23.3. The van der Waals surface area contributed by atoms with E-state index in [1.54, 1.807) is 0 Å². The van der Waals surface area contributed by atoms with Gasteiger partial charge >= 0.3 is 5.97 Å². The third-order valence-electron chi connectivity index (χ3n) is 3.46. The van der Waals surface area contributed by atoms with Gasteiger partial charge in [-0.1, -0.05) is 26.2 Å². The molecule has 0 fully saturated rings. The van der Waals surface area contributed by atoms with E-state index in [1.807, 2.05) is 0 Å². The third-order valence-corrected chi connectivity index (χ3v) is 3.46. The number of unbranched alkanes of at least 4 members (excludes halogenated alkanes) is 3. The number of rotatable bonds is 23. The molecule has 0 saturated heterocycles. The number of hydrogen-bond donors (Lipinski definition) is 1. The third kappa shape index (κ3) is 25.2. The molecule has 162 valence electrons. The van der Waals surface area contributed by atoms with E-state index >= 15 is 0 Å². The lowest BCUT2D eigenvalue weighted by molar-refractivity contribution is -0.138. The topological polar surface area (TPSA) is 92.7 Å². The van der Waals surface area contributed by atoms with Crippen LogP contribution in [0.1, 0.15) is 39.0 Å². The van der Waals surface area contributed by atoms with Crippen LogP contribution in [0, 0.1) is 0 Å². The van der Waals surface area contributed by atoms with Gasteiger partial charge in [-0.3, -0.25) is 4.79 Å². The molecule has 0 unspecified atom stereocenters. The summed E-state index contributed by atoms with van der Waals surface area (Å²) in [7, 11) is 0. The van der Waals surface area contributed by atoms with Crippen LogP contribution < -0.4 is 0 Å². The molecule has 0 rings (SSSR count). The van der Waals surface area contributed by atoms with Gasteiger partial charge < -0.3 is 33.5 Å². The van der Waals surface area contributed by atoms with Gasteiger partial charge in [0.2, 0.25) is 0 Å². The highest BCUT2D eigenvalue weighted by Gasteiger charge is 1.97. The summed E-state index contributed by atoms with van der Waals surface area (Å²) in [6.07, 6.45) is 4.90. The fourth-order valence-corrected chi connectivity index (χ4v) is 1.99. The predicted octanol–water partition coefficient (Wildman–Crippen LogP) is 2.14. The second-order valence-corrected chi connectivity index (χ2v) is 5.88. The molecule has 0 aromatic rings. The molecule has 1 N–H and O–H groups in total. The average molecular weight is 395 g/mol. The largest absolute Gasteiger partial charge is 0.481 e. The van der Waals surface area contributed by atoms with Gasteiger partial charge in [0.15, 0.2) is 0 Å². The Hall–Kier alpha value is -0.770. The van der Waals surface area contributed by atoms with Crippen LogP contribution in [0.2, 0.25) is 0 Å². The smallest absolute Gasteiger partial charge is 0.305 e. The van der Waals surface area contributed by atoms with E-state index in [2.05, 4.69) is 6.92 Å². The number of ether oxygens (including phenoxy) is 6. The number of carboxylic acids is 1. The van der Waals surface area contributed by atoms with Gasteiger partial charge in [-0.05, 0) is 6.42 Å². The molecule has 8 heteroatoms. The van der Waals surface area contributed by atoms with Crippen LogP contribution in [0.15, 0.2) is 0 Å². The summed E-state index contributed by atoms with van der Waals surface area (Å²) >= 11 is 0. The van der Waals surface area contributed by atoms with Crippen molar-refractivity contribution in [3.8, 4) is 0 Å². The Morgan fingerprint density at radius 1 is 0.556 bits per heavy atom. The van der Waals surface area contributed by atoms with Crippen LogP contribution in [-0.2, 0) is 33.2 Å². The van der Waals surface area contributed by atoms with E-state index in [-0.39, 0.29) is 13.0 Å². The van der Waals surface area contributed by atoms with E-state index in [4.69, 9.17) is 33.5 Å². The van der Waals surface area contributed by atoms with Crippen molar-refractivity contribution in [2.75, 3.05) is 79.3 Å². The highest BCUT2D eigenvalue weighted by atomic mass is 16.6. The monoisotopic (exact) mass is 394 g/mol. The minimum Gasteiger partial charge on any atom is -0.481 e. The average Bonchev–Trinajstić information content (AvgIpc) is 2.65. The van der Waals surface area contributed by atoms with Crippen molar-refractivity contribution in [3.05, 3.63) is 0 Å². The molecule has 0 atom stereocenters. The summed E-state index contributed by atoms with van der Waals surface area (Å²) in [6.45, 7) is 8.40. The van der Waals surface area contributed by atoms with E-state index in [0.717, 1.165) is 13.0 Å². The molecule has 0 saturated carbocycles. The van der Waals surface area contributed by atoms with Crippen LogP contribution in [0.5, 0.6) is 0 Å². The lowest BCUT2D eigenvalue weighted by atomic mass is 10.2. The number of hydrogen-bond acceptors (Lipinski definition) is 7. The van der Waals surface area contributed by atoms with Gasteiger partial charge in [0, 0.05) is 6.61 Å². The van der Waals surface area contributed by atoms with Gasteiger partial charge in [-0.25, -0.2) is 0 Å². The number of carboxylic acid groups (broad SMARTS) is 1. The Morgan fingerprint density at radius 3 is 1.30 bits per heavy atom. The summed E-state index contributed by atoms with van der Waals surface area (Å²) in [4.78, 5) is 10.3. The standard InChI is InChI=1S/C19H38O8/c1-2-3-4-5-7-22-9-11-24-13-15-26-17-18-27-16-14-25-12-10-23-8-6-19(20)21/h2-18H2,1H3,(H,20,21). The first kappa shape index (κ1) is 26.2. The van der Waals surface area contributed by atoms with E-state index in [1.165, 1.54) is 19.3 Å². The summed E-state index contributed by atoms with van der Waals surface area (Å²) in [5.74, 6) is -0.861. The van der Waals surface area contributed by atoms with Crippen molar-refractivity contribution in [2.24, 2.45) is 0 Å². The zero-order valence-corrected chi connectivity index (χ0v) is 16.8. The number of aliphatic carboxylic acids is 1. The van der Waals surface area contributed by atoms with E-state index < -0.39 is 5.97 Å². The predicted molar refractivity (Wildman–Crippen MR) is 101 cm³/mol. The van der Waals surface area contributed by atoms with Gasteiger partial charge in [0.1, 0.15) is 0 Å². The van der Waals surface area contributed by atoms with Crippen LogP contribution >= 0.6 is 0 Å². The molecule has 0 spiro atoms. The molecule has 0 aliphatic rings. The molecule has 0 heterocycles. The summed E-state index contributed by atoms with van der Waals surface area (Å²) < 4.78 is 32.0. The van der Waals surface area contributed by atoms with Crippen LogP contribution in [0.3, 0.4) is 0 Å². The highest BCUT2D eigenvalue weighted by molar-refractivity contribution is 5.66. The Balaban J connectivity index is 2.98. The Labute approximate surface area is 163 Å². The van der Waals surface area contributed by atoms with Crippen molar-refractivity contribution in [2.45, 2.75) is 39.0 Å². The first-order valence-corrected chi connectivity index (χ1v) is 9.95. The van der Waals surface area contributed by atoms with E-state index in [0.29, 0.717) is 66.1 Å². The summed E-state index contributed by atoms with van der Waals surface area (Å²) in [5, 5.41) is 8.43. The fraction of sp³-hybridized carbons (Fsp3) is 0.947. The lowest BCUT2D eigenvalue weighted by Crippen LogP contribution is -2.14. The molecule has 0 aliphatic carbocycles. The molecule has 0 aromatic carbocycles. The van der Waals surface area contributed by atoms with Gasteiger partial charge in [-0.2, -0.15) is 0 Å². The van der Waals surface area contributed by atoms with Crippen LogP contribution in [0.25, 0.3) is 0 Å². The van der Waals surface area contributed by atoms with Gasteiger partial charge in [0.05, 0.1) is 79.1 Å². The highest BCUT2D eigenvalue weighted by Crippen LogP contribution is 1.98. The lowest BCUT2D eigenvalue weighted by Gasteiger charge is -2.08. The van der Waals surface area contributed by atoms with Crippen molar-refractivity contribution in [1.82, 2.24) is 0 Å². The normalized spacial score (nSPS) is 11.1. The molecule has 0 radical (unpaired) electrons. The van der Waals surface area contributed by atoms with Gasteiger partial charge in [-0.15, -0.1) is 0 Å². The Bertz CT molecular complexity index is 301. The van der Waals surface area contributed by atoms with Crippen molar-refractivity contribution in [1.29, 1.82) is 0 Å². The quantitative estimate of drug-likeness (QED) is 0.264. The summed E-state index contributed by atoms with van der Waals surface area (Å²) in [5.41, 5.74) is 0. The molecule has 27 heavy (non-hydrogen) atoms. The molecular formula is C19H38O8. The minimum absolute atomic E-state index is 0.0149.